The first-order chi connectivity index (χ1) is 15.6. The van der Waals surface area contributed by atoms with Gasteiger partial charge < -0.3 is 20.4 Å². The molecule has 5 rings (SSSR count). The van der Waals surface area contributed by atoms with Gasteiger partial charge in [0.15, 0.2) is 11.6 Å². The molecule has 0 aliphatic carbocycles. The molecule has 0 amide bonds. The van der Waals surface area contributed by atoms with Crippen LogP contribution in [0.25, 0.3) is 10.9 Å². The molecule has 3 aromatic rings. The van der Waals surface area contributed by atoms with Crippen LogP contribution in [0, 0.1) is 11.3 Å². The van der Waals surface area contributed by atoms with Gasteiger partial charge in [-0.1, -0.05) is 17.7 Å². The van der Waals surface area contributed by atoms with E-state index in [0.717, 1.165) is 12.8 Å². The number of hydrogen-bond donors (Lipinski definition) is 1. The van der Waals surface area contributed by atoms with Crippen molar-refractivity contribution in [2.45, 2.75) is 18.9 Å². The first-order valence-electron chi connectivity index (χ1n) is 10.4. The quantitative estimate of drug-likeness (QED) is 0.630. The minimum Gasteiger partial charge on any atom is -0.382 e. The Labute approximate surface area is 188 Å². The van der Waals surface area contributed by atoms with E-state index in [4.69, 9.17) is 27.1 Å². The Morgan fingerprint density at radius 2 is 2.03 bits per heavy atom. The summed E-state index contributed by atoms with van der Waals surface area (Å²) in [5.74, 6) is 1.17. The normalized spacial score (nSPS) is 18.8. The monoisotopic (exact) mass is 452 g/mol. The van der Waals surface area contributed by atoms with Gasteiger partial charge in [0.25, 0.3) is 5.56 Å². The smallest absolute Gasteiger partial charge is 0.281 e. The summed E-state index contributed by atoms with van der Waals surface area (Å²) in [6, 6.07) is 7.11. The Bertz CT molecular complexity index is 1280. The Balaban J connectivity index is 1.72. The molecule has 0 radical (unpaired) electrons. The Hall–Kier alpha value is -3.42. The second-order valence-corrected chi connectivity index (χ2v) is 8.11. The van der Waals surface area contributed by atoms with Crippen molar-refractivity contribution in [2.24, 2.45) is 0 Å². The largest absolute Gasteiger partial charge is 0.382 e. The number of halogens is 1. The summed E-state index contributed by atoms with van der Waals surface area (Å²) < 4.78 is 7.13. The number of fused-ring (bicyclic) bond motifs is 1. The van der Waals surface area contributed by atoms with Gasteiger partial charge in [-0.15, -0.1) is 0 Å². The van der Waals surface area contributed by atoms with Crippen LogP contribution >= 0.6 is 11.6 Å². The van der Waals surface area contributed by atoms with Gasteiger partial charge in [-0.25, -0.2) is 19.6 Å². The number of aromatic nitrogens is 4. The van der Waals surface area contributed by atoms with Gasteiger partial charge in [-0.3, -0.25) is 4.79 Å². The van der Waals surface area contributed by atoms with E-state index in [9.17, 15) is 10.1 Å². The Morgan fingerprint density at radius 1 is 1.22 bits per heavy atom. The maximum absolute atomic E-state index is 13.7. The molecule has 4 heterocycles. The standard InChI is InChI=1S/C21H21ClN8O2/c22-14-3-1-4-15-17(14)21(31)30(28-7-9-32-10-8-28)20(27-15)16-5-2-6-29(16)19-13(11-23)18(24)25-12-26-19/h1,3-4,12,16H,2,5-10H2,(H2,24,25,26)/t16-/m0/s1. The van der Waals surface area contributed by atoms with Gasteiger partial charge in [0.2, 0.25) is 0 Å². The van der Waals surface area contributed by atoms with Crippen LogP contribution in [0.2, 0.25) is 5.02 Å². The Morgan fingerprint density at radius 3 is 2.81 bits per heavy atom. The van der Waals surface area contributed by atoms with Crippen LogP contribution in [0.3, 0.4) is 0 Å². The molecule has 1 aromatic carbocycles. The van der Waals surface area contributed by atoms with Crippen molar-refractivity contribution in [3.63, 3.8) is 0 Å². The highest BCUT2D eigenvalue weighted by Crippen LogP contribution is 2.37. The van der Waals surface area contributed by atoms with E-state index in [1.54, 1.807) is 22.9 Å². The summed E-state index contributed by atoms with van der Waals surface area (Å²) in [5.41, 5.74) is 6.49. The van der Waals surface area contributed by atoms with Gasteiger partial charge in [-0.2, -0.15) is 5.26 Å². The number of morpholine rings is 1. The molecule has 2 aliphatic heterocycles. The van der Waals surface area contributed by atoms with E-state index in [1.807, 2.05) is 9.91 Å². The lowest BCUT2D eigenvalue weighted by atomic mass is 10.1. The minimum absolute atomic E-state index is 0.131. The molecule has 164 valence electrons. The number of ether oxygens (including phenoxy) is 1. The van der Waals surface area contributed by atoms with Gasteiger partial charge in [0.05, 0.1) is 48.3 Å². The molecular formula is C21H21ClN8O2. The predicted octanol–water partition coefficient (Wildman–Crippen LogP) is 1.60. The molecule has 0 bridgehead atoms. The predicted molar refractivity (Wildman–Crippen MR) is 120 cm³/mol. The summed E-state index contributed by atoms with van der Waals surface area (Å²) in [7, 11) is 0. The maximum atomic E-state index is 13.7. The fourth-order valence-corrected chi connectivity index (χ4v) is 4.69. The van der Waals surface area contributed by atoms with Crippen molar-refractivity contribution in [1.82, 2.24) is 19.6 Å². The fraction of sp³-hybridized carbons (Fsp3) is 0.381. The van der Waals surface area contributed by atoms with Crippen molar-refractivity contribution < 1.29 is 4.74 Å². The molecular weight excluding hydrogens is 432 g/mol. The van der Waals surface area contributed by atoms with Gasteiger partial charge in [-0.05, 0) is 25.0 Å². The van der Waals surface area contributed by atoms with Crippen molar-refractivity contribution in [3.05, 3.63) is 51.3 Å². The average molecular weight is 453 g/mol. The number of anilines is 2. The summed E-state index contributed by atoms with van der Waals surface area (Å²) in [4.78, 5) is 28.9. The van der Waals surface area contributed by atoms with Crippen LogP contribution in [0.4, 0.5) is 11.6 Å². The number of benzene rings is 1. The van der Waals surface area contributed by atoms with Crippen LogP contribution in [0.15, 0.2) is 29.3 Å². The van der Waals surface area contributed by atoms with E-state index in [2.05, 4.69) is 16.0 Å². The number of nitrogens with zero attached hydrogens (tertiary/aromatic N) is 7. The van der Waals surface area contributed by atoms with Crippen molar-refractivity contribution in [2.75, 3.05) is 48.5 Å². The highest BCUT2D eigenvalue weighted by molar-refractivity contribution is 6.35. The van der Waals surface area contributed by atoms with E-state index in [0.29, 0.717) is 60.4 Å². The molecule has 0 spiro atoms. The molecule has 10 nitrogen and oxygen atoms in total. The third-order valence-corrected chi connectivity index (χ3v) is 6.23. The first kappa shape index (κ1) is 20.5. The minimum atomic E-state index is -0.268. The van der Waals surface area contributed by atoms with Crippen LogP contribution in [0.5, 0.6) is 0 Å². The average Bonchev–Trinajstić information content (AvgIpc) is 3.29. The lowest BCUT2D eigenvalue weighted by molar-refractivity contribution is 0.110. The third kappa shape index (κ3) is 3.30. The number of hydrogen-bond acceptors (Lipinski definition) is 9. The van der Waals surface area contributed by atoms with E-state index >= 15 is 0 Å². The molecule has 2 N–H and O–H groups in total. The second-order valence-electron chi connectivity index (χ2n) is 7.71. The van der Waals surface area contributed by atoms with E-state index in [1.165, 1.54) is 6.33 Å². The van der Waals surface area contributed by atoms with E-state index < -0.39 is 0 Å². The van der Waals surface area contributed by atoms with Crippen LogP contribution < -0.4 is 21.2 Å². The zero-order valence-electron chi connectivity index (χ0n) is 17.2. The topological polar surface area (TPSA) is 126 Å². The van der Waals surface area contributed by atoms with Gasteiger partial charge in [0, 0.05) is 6.54 Å². The van der Waals surface area contributed by atoms with Crippen molar-refractivity contribution in [3.8, 4) is 6.07 Å². The maximum Gasteiger partial charge on any atom is 0.281 e. The van der Waals surface area contributed by atoms with Gasteiger partial charge >= 0.3 is 0 Å². The molecule has 2 fully saturated rings. The third-order valence-electron chi connectivity index (χ3n) is 5.91. The molecule has 2 saturated heterocycles. The summed E-state index contributed by atoms with van der Waals surface area (Å²) in [5, 5.41) is 12.4. The van der Waals surface area contributed by atoms with Crippen molar-refractivity contribution in [1.29, 1.82) is 5.26 Å². The lowest BCUT2D eigenvalue weighted by Gasteiger charge is -2.35. The molecule has 2 aromatic heterocycles. The Kier molecular flexibility index (Phi) is 5.28. The zero-order valence-corrected chi connectivity index (χ0v) is 18.0. The molecule has 0 unspecified atom stereocenters. The number of rotatable bonds is 3. The highest BCUT2D eigenvalue weighted by atomic mass is 35.5. The molecule has 2 aliphatic rings. The SMILES string of the molecule is N#Cc1c(N)ncnc1N1CCC[C@H]1c1nc2cccc(Cl)c2c(=O)n1N1CCOCC1. The van der Waals surface area contributed by atoms with E-state index in [-0.39, 0.29) is 23.0 Å². The van der Waals surface area contributed by atoms with Crippen LogP contribution in [0.1, 0.15) is 30.3 Å². The summed E-state index contributed by atoms with van der Waals surface area (Å²) in [6.07, 6.45) is 2.95. The van der Waals surface area contributed by atoms with Crippen molar-refractivity contribution >= 4 is 34.1 Å². The molecule has 32 heavy (non-hydrogen) atoms. The summed E-state index contributed by atoms with van der Waals surface area (Å²) >= 11 is 6.39. The molecule has 1 atom stereocenters. The number of nitrogen functional groups attached to an aromatic ring is 1. The summed E-state index contributed by atoms with van der Waals surface area (Å²) in [6.45, 7) is 2.80. The lowest BCUT2D eigenvalue weighted by Crippen LogP contribution is -2.51. The second kappa shape index (κ2) is 8.26. The highest BCUT2D eigenvalue weighted by Gasteiger charge is 2.35. The first-order valence-corrected chi connectivity index (χ1v) is 10.8. The molecule has 0 saturated carbocycles. The number of nitrogens with two attached hydrogens (primary N) is 1. The zero-order chi connectivity index (χ0) is 22.2. The van der Waals surface area contributed by atoms with Gasteiger partial charge in [0.1, 0.15) is 23.8 Å². The van der Waals surface area contributed by atoms with Crippen LogP contribution in [-0.4, -0.2) is 52.5 Å². The number of nitriles is 1. The van der Waals surface area contributed by atoms with Crippen LogP contribution in [-0.2, 0) is 4.74 Å². The molecule has 11 heteroatoms. The fourth-order valence-electron chi connectivity index (χ4n) is 4.44.